The van der Waals surface area contributed by atoms with Gasteiger partial charge in [0, 0.05) is 11.1 Å². The van der Waals surface area contributed by atoms with Crippen molar-refractivity contribution in [2.75, 3.05) is 6.67 Å². The summed E-state index contributed by atoms with van der Waals surface area (Å²) in [4.78, 5) is 8.07. The van der Waals surface area contributed by atoms with Gasteiger partial charge in [0.1, 0.15) is 6.67 Å². The van der Waals surface area contributed by atoms with Crippen molar-refractivity contribution in [3.05, 3.63) is 0 Å². The molecule has 2 nitrogen and oxygen atoms in total. The minimum absolute atomic E-state index is 0.411. The number of rotatable bonds is 3. The van der Waals surface area contributed by atoms with Crippen LogP contribution in [0.5, 0.6) is 0 Å². The lowest BCUT2D eigenvalue weighted by Gasteiger charge is -1.79. The molecule has 0 aliphatic carbocycles. The number of thiocarbonyl (C=S) groups is 1. The lowest BCUT2D eigenvalue weighted by Crippen LogP contribution is -1.86. The molecular formula is C5H8N2S. The molecule has 0 aliphatic heterocycles. The Bertz CT molecular complexity index is 118. The third-order valence-corrected chi connectivity index (χ3v) is 0.560. The number of nitrogens with zero attached hydrogens (tertiary/aromatic N) is 2. The normalized spacial score (nSPS) is 9.62. The Balaban J connectivity index is 3.34. The van der Waals surface area contributed by atoms with E-state index in [9.17, 15) is 0 Å². The van der Waals surface area contributed by atoms with Crippen LogP contribution in [-0.2, 0) is 0 Å². The molecule has 0 N–H and O–H groups in total. The summed E-state index contributed by atoms with van der Waals surface area (Å²) >= 11 is 4.70. The zero-order valence-corrected chi connectivity index (χ0v) is 5.61. The first kappa shape index (κ1) is 7.43. The zero-order chi connectivity index (χ0) is 6.41. The molecular weight excluding hydrogens is 120 g/mol. The van der Waals surface area contributed by atoms with Crippen molar-refractivity contribution < 1.29 is 0 Å². The maximum atomic E-state index is 4.70. The molecule has 0 aliphatic rings. The highest BCUT2D eigenvalue weighted by Crippen LogP contribution is 1.70. The molecule has 0 saturated heterocycles. The molecule has 0 aromatic carbocycles. The van der Waals surface area contributed by atoms with Crippen LogP contribution < -0.4 is 0 Å². The SMILES string of the molecule is C=NCN=CC(C)=S. The topological polar surface area (TPSA) is 24.7 Å². The van der Waals surface area contributed by atoms with Gasteiger partial charge in [0.15, 0.2) is 0 Å². The molecule has 0 radical (unpaired) electrons. The van der Waals surface area contributed by atoms with Crippen molar-refractivity contribution >= 4 is 30.0 Å². The molecule has 0 aromatic heterocycles. The van der Waals surface area contributed by atoms with E-state index in [1.807, 2.05) is 6.92 Å². The van der Waals surface area contributed by atoms with Gasteiger partial charge in [-0.1, -0.05) is 12.2 Å². The summed E-state index contributed by atoms with van der Waals surface area (Å²) in [5.74, 6) is 0. The highest BCUT2D eigenvalue weighted by Gasteiger charge is 1.73. The minimum atomic E-state index is 0.411. The predicted molar refractivity (Wildman–Crippen MR) is 41.2 cm³/mol. The lowest BCUT2D eigenvalue weighted by atomic mass is 10.5. The third kappa shape index (κ3) is 5.43. The molecule has 0 rings (SSSR count). The standard InChI is InChI=1S/C5H8N2S/c1-5(8)3-7-4-6-2/h3H,2,4H2,1H3. The molecule has 0 bridgehead atoms. The Labute approximate surface area is 54.3 Å². The molecule has 8 heavy (non-hydrogen) atoms. The number of aliphatic imine (C=N–C) groups is 2. The van der Waals surface area contributed by atoms with Gasteiger partial charge in [-0.15, -0.1) is 0 Å². The highest BCUT2D eigenvalue weighted by atomic mass is 32.1. The fourth-order valence-electron chi connectivity index (χ4n) is 0.227. The molecule has 0 aromatic rings. The molecule has 0 amide bonds. The van der Waals surface area contributed by atoms with Crippen LogP contribution in [0.25, 0.3) is 0 Å². The van der Waals surface area contributed by atoms with Gasteiger partial charge in [-0.05, 0) is 13.6 Å². The van der Waals surface area contributed by atoms with Gasteiger partial charge in [0.2, 0.25) is 0 Å². The Morgan fingerprint density at radius 2 is 2.50 bits per heavy atom. The van der Waals surface area contributed by atoms with E-state index >= 15 is 0 Å². The first-order chi connectivity index (χ1) is 3.77. The van der Waals surface area contributed by atoms with Gasteiger partial charge in [-0.25, -0.2) is 0 Å². The summed E-state index contributed by atoms with van der Waals surface area (Å²) in [5.41, 5.74) is 0. The highest BCUT2D eigenvalue weighted by molar-refractivity contribution is 7.81. The monoisotopic (exact) mass is 128 g/mol. The van der Waals surface area contributed by atoms with Gasteiger partial charge in [-0.2, -0.15) is 0 Å². The first-order valence-electron chi connectivity index (χ1n) is 2.20. The third-order valence-electron chi connectivity index (χ3n) is 0.455. The first-order valence-corrected chi connectivity index (χ1v) is 2.61. The maximum absolute atomic E-state index is 4.70. The van der Waals surface area contributed by atoms with Gasteiger partial charge in [0.05, 0.1) is 0 Å². The number of hydrogen-bond donors (Lipinski definition) is 0. The van der Waals surface area contributed by atoms with Crippen molar-refractivity contribution in [3.8, 4) is 0 Å². The van der Waals surface area contributed by atoms with E-state index in [1.54, 1.807) is 6.21 Å². The quantitative estimate of drug-likeness (QED) is 0.412. The van der Waals surface area contributed by atoms with Gasteiger partial charge < -0.3 is 0 Å². The van der Waals surface area contributed by atoms with E-state index in [0.717, 1.165) is 4.86 Å². The van der Waals surface area contributed by atoms with E-state index in [0.29, 0.717) is 6.67 Å². The molecule has 44 valence electrons. The fraction of sp³-hybridized carbons (Fsp3) is 0.400. The van der Waals surface area contributed by atoms with E-state index in [-0.39, 0.29) is 0 Å². The van der Waals surface area contributed by atoms with Crippen LogP contribution in [0.2, 0.25) is 0 Å². The Hall–Kier alpha value is -0.570. The summed E-state index contributed by atoms with van der Waals surface area (Å²) in [7, 11) is 0. The van der Waals surface area contributed by atoms with E-state index in [2.05, 4.69) is 16.7 Å². The molecule has 0 heterocycles. The van der Waals surface area contributed by atoms with Crippen LogP contribution in [0, 0.1) is 0 Å². The maximum Gasteiger partial charge on any atom is 0.128 e. The molecule has 3 heteroatoms. The molecule has 0 atom stereocenters. The van der Waals surface area contributed by atoms with Crippen LogP contribution in [0.3, 0.4) is 0 Å². The molecule has 0 fully saturated rings. The van der Waals surface area contributed by atoms with Gasteiger partial charge in [-0.3, -0.25) is 9.98 Å². The zero-order valence-electron chi connectivity index (χ0n) is 4.79. The Kier molecular flexibility index (Phi) is 4.26. The lowest BCUT2D eigenvalue weighted by molar-refractivity contribution is 1.09. The van der Waals surface area contributed by atoms with Gasteiger partial charge in [0.25, 0.3) is 0 Å². The van der Waals surface area contributed by atoms with Crippen LogP contribution >= 0.6 is 12.2 Å². The van der Waals surface area contributed by atoms with E-state index < -0.39 is 0 Å². The van der Waals surface area contributed by atoms with Crippen molar-refractivity contribution in [2.45, 2.75) is 6.92 Å². The summed E-state index contributed by atoms with van der Waals surface area (Å²) in [5, 5.41) is 0. The van der Waals surface area contributed by atoms with Crippen LogP contribution in [0.1, 0.15) is 6.92 Å². The molecule has 0 unspecified atom stereocenters. The van der Waals surface area contributed by atoms with E-state index in [4.69, 9.17) is 12.2 Å². The van der Waals surface area contributed by atoms with Gasteiger partial charge >= 0.3 is 0 Å². The van der Waals surface area contributed by atoms with Crippen molar-refractivity contribution in [3.63, 3.8) is 0 Å². The second-order valence-corrected chi connectivity index (χ2v) is 1.93. The second-order valence-electron chi connectivity index (χ2n) is 1.29. The number of hydrogen-bond acceptors (Lipinski definition) is 3. The average molecular weight is 128 g/mol. The van der Waals surface area contributed by atoms with Crippen molar-refractivity contribution in [1.82, 2.24) is 0 Å². The summed E-state index contributed by atoms with van der Waals surface area (Å²) < 4.78 is 0. The largest absolute Gasteiger partial charge is 0.278 e. The average Bonchev–Trinajstić information content (AvgIpc) is 1.66. The Morgan fingerprint density at radius 3 is 2.88 bits per heavy atom. The van der Waals surface area contributed by atoms with Crippen LogP contribution in [0.4, 0.5) is 0 Å². The van der Waals surface area contributed by atoms with Crippen LogP contribution in [0.15, 0.2) is 9.98 Å². The minimum Gasteiger partial charge on any atom is -0.278 e. The second kappa shape index (κ2) is 4.59. The van der Waals surface area contributed by atoms with Crippen molar-refractivity contribution in [2.24, 2.45) is 9.98 Å². The summed E-state index contributed by atoms with van der Waals surface area (Å²) in [6.07, 6.45) is 1.60. The van der Waals surface area contributed by atoms with Crippen molar-refractivity contribution in [1.29, 1.82) is 0 Å². The Morgan fingerprint density at radius 1 is 1.88 bits per heavy atom. The predicted octanol–water partition coefficient (Wildman–Crippen LogP) is 1.11. The summed E-state index contributed by atoms with van der Waals surface area (Å²) in [6.45, 7) is 5.47. The summed E-state index contributed by atoms with van der Waals surface area (Å²) in [6, 6.07) is 0. The molecule has 0 saturated carbocycles. The fourth-order valence-corrected chi connectivity index (χ4v) is 0.302. The smallest absolute Gasteiger partial charge is 0.128 e. The van der Waals surface area contributed by atoms with Crippen LogP contribution in [-0.4, -0.2) is 24.5 Å². The van der Waals surface area contributed by atoms with E-state index in [1.165, 1.54) is 0 Å². The molecule has 0 spiro atoms.